The van der Waals surface area contributed by atoms with Crippen molar-refractivity contribution < 1.29 is 14.3 Å². The largest absolute Gasteiger partial charge is 0.481 e. The van der Waals surface area contributed by atoms with E-state index in [1.165, 1.54) is 13.8 Å². The van der Waals surface area contributed by atoms with Crippen LogP contribution in [0, 0.1) is 0 Å². The number of halogens is 1. The lowest BCUT2D eigenvalue weighted by Gasteiger charge is -2.27. The Balaban J connectivity index is 3.41. The van der Waals surface area contributed by atoms with Crippen molar-refractivity contribution >= 4 is 5.97 Å². The molecule has 0 radical (unpaired) electrons. The third-order valence-electron chi connectivity index (χ3n) is 2.78. The smallest absolute Gasteiger partial charge is 0.313 e. The molecule has 1 aromatic carbocycles. The van der Waals surface area contributed by atoms with E-state index in [1.807, 2.05) is 0 Å². The number of hydrogen-bond acceptors (Lipinski definition) is 1. The highest BCUT2D eigenvalue weighted by atomic mass is 19.1. The molecule has 0 unspecified atom stereocenters. The van der Waals surface area contributed by atoms with E-state index in [9.17, 15) is 9.18 Å². The molecule has 1 aromatic rings. The molecule has 16 heavy (non-hydrogen) atoms. The number of aliphatic carboxylic acids is 1. The number of hydrogen-bond donors (Lipinski definition) is 1. The first-order valence-corrected chi connectivity index (χ1v) is 5.19. The molecule has 1 rings (SSSR count). The molecule has 0 aliphatic heterocycles. The van der Waals surface area contributed by atoms with Gasteiger partial charge in [-0.1, -0.05) is 24.3 Å². The van der Waals surface area contributed by atoms with Gasteiger partial charge in [0.15, 0.2) is 0 Å². The Morgan fingerprint density at radius 3 is 1.94 bits per heavy atom. The maximum absolute atomic E-state index is 14.0. The van der Waals surface area contributed by atoms with Crippen LogP contribution in [0.1, 0.15) is 38.8 Å². The van der Waals surface area contributed by atoms with E-state index in [-0.39, 0.29) is 0 Å². The van der Waals surface area contributed by atoms with E-state index in [4.69, 9.17) is 5.11 Å². The van der Waals surface area contributed by atoms with Crippen molar-refractivity contribution in [3.63, 3.8) is 0 Å². The Morgan fingerprint density at radius 2 is 1.56 bits per heavy atom. The van der Waals surface area contributed by atoms with Gasteiger partial charge in [0, 0.05) is 0 Å². The Bertz CT molecular complexity index is 403. The second-order valence-electron chi connectivity index (χ2n) is 4.95. The molecule has 0 aromatic heterocycles. The molecule has 2 nitrogen and oxygen atoms in total. The zero-order chi connectivity index (χ0) is 12.6. The van der Waals surface area contributed by atoms with Crippen LogP contribution in [-0.2, 0) is 15.9 Å². The Morgan fingerprint density at radius 1 is 1.12 bits per heavy atom. The molecule has 0 amide bonds. The molecule has 0 heterocycles. The number of rotatable bonds is 3. The van der Waals surface area contributed by atoms with Gasteiger partial charge in [-0.15, -0.1) is 0 Å². The van der Waals surface area contributed by atoms with Gasteiger partial charge >= 0.3 is 5.97 Å². The Hall–Kier alpha value is -1.38. The van der Waals surface area contributed by atoms with Crippen LogP contribution in [0.15, 0.2) is 24.3 Å². The molecule has 0 spiro atoms. The zero-order valence-electron chi connectivity index (χ0n) is 10.0. The minimum absolute atomic E-state index is 0.433. The average molecular weight is 224 g/mol. The van der Waals surface area contributed by atoms with Gasteiger partial charge in [0.2, 0.25) is 0 Å². The Labute approximate surface area is 95.1 Å². The van der Waals surface area contributed by atoms with Crippen molar-refractivity contribution in [3.05, 3.63) is 35.4 Å². The molecule has 0 bridgehead atoms. The van der Waals surface area contributed by atoms with Gasteiger partial charge < -0.3 is 5.11 Å². The molecule has 0 saturated carbocycles. The van der Waals surface area contributed by atoms with Crippen LogP contribution in [0.5, 0.6) is 0 Å². The molecule has 0 aliphatic rings. The van der Waals surface area contributed by atoms with Crippen molar-refractivity contribution in [2.24, 2.45) is 0 Å². The van der Waals surface area contributed by atoms with Crippen molar-refractivity contribution in [2.45, 2.75) is 38.8 Å². The van der Waals surface area contributed by atoms with Crippen LogP contribution in [0.25, 0.3) is 0 Å². The molecule has 0 fully saturated rings. The second-order valence-corrected chi connectivity index (χ2v) is 4.95. The molecule has 1 N–H and O–H groups in total. The van der Waals surface area contributed by atoms with E-state index < -0.39 is 17.1 Å². The third-order valence-corrected chi connectivity index (χ3v) is 2.78. The summed E-state index contributed by atoms with van der Waals surface area (Å²) in [6, 6.07) is 6.76. The highest BCUT2D eigenvalue weighted by molar-refractivity contribution is 5.81. The van der Waals surface area contributed by atoms with Crippen molar-refractivity contribution in [1.82, 2.24) is 0 Å². The molecular weight excluding hydrogens is 207 g/mol. The van der Waals surface area contributed by atoms with Gasteiger partial charge in [-0.2, -0.15) is 0 Å². The van der Waals surface area contributed by atoms with Crippen molar-refractivity contribution in [2.75, 3.05) is 0 Å². The predicted molar refractivity (Wildman–Crippen MR) is 61.2 cm³/mol. The molecule has 0 saturated heterocycles. The van der Waals surface area contributed by atoms with Crippen LogP contribution in [-0.4, -0.2) is 11.1 Å². The quantitative estimate of drug-likeness (QED) is 0.855. The number of alkyl halides is 1. The summed E-state index contributed by atoms with van der Waals surface area (Å²) >= 11 is 0. The maximum Gasteiger partial charge on any atom is 0.313 e. The number of carboxylic acid groups (broad SMARTS) is 1. The normalized spacial score (nSPS) is 12.6. The lowest BCUT2D eigenvalue weighted by atomic mass is 9.78. The first kappa shape index (κ1) is 12.7. The Kier molecular flexibility index (Phi) is 3.08. The summed E-state index contributed by atoms with van der Waals surface area (Å²) < 4.78 is 14.0. The SMILES string of the molecule is CC(C)(F)c1ccccc1C(C)(C)C(=O)O. The lowest BCUT2D eigenvalue weighted by Crippen LogP contribution is -2.31. The summed E-state index contributed by atoms with van der Waals surface area (Å²) in [5.74, 6) is -0.954. The molecule has 88 valence electrons. The summed E-state index contributed by atoms with van der Waals surface area (Å²) in [4.78, 5) is 11.2. The topological polar surface area (TPSA) is 37.3 Å². The second kappa shape index (κ2) is 3.89. The fourth-order valence-electron chi connectivity index (χ4n) is 1.66. The predicted octanol–water partition coefficient (Wildman–Crippen LogP) is 3.25. The first-order valence-electron chi connectivity index (χ1n) is 5.19. The molecule has 0 atom stereocenters. The van der Waals surface area contributed by atoms with E-state index in [0.717, 1.165) is 0 Å². The number of carboxylic acids is 1. The van der Waals surface area contributed by atoms with Gasteiger partial charge in [0.25, 0.3) is 0 Å². The van der Waals surface area contributed by atoms with Crippen LogP contribution < -0.4 is 0 Å². The molecular formula is C13H17FO2. The standard InChI is InChI=1S/C13H17FO2/c1-12(2,11(15)16)9-7-5-6-8-10(9)13(3,4)14/h5-8H,1-4H3,(H,15,16). The van der Waals surface area contributed by atoms with Crippen molar-refractivity contribution in [3.8, 4) is 0 Å². The van der Waals surface area contributed by atoms with E-state index >= 15 is 0 Å². The van der Waals surface area contributed by atoms with Crippen LogP contribution >= 0.6 is 0 Å². The lowest BCUT2D eigenvalue weighted by molar-refractivity contribution is -0.142. The highest BCUT2D eigenvalue weighted by Crippen LogP contribution is 2.34. The van der Waals surface area contributed by atoms with Gasteiger partial charge in [-0.05, 0) is 38.8 Å². The first-order chi connectivity index (χ1) is 7.17. The van der Waals surface area contributed by atoms with Crippen LogP contribution in [0.4, 0.5) is 4.39 Å². The van der Waals surface area contributed by atoms with Gasteiger partial charge in [-0.3, -0.25) is 4.79 Å². The summed E-state index contributed by atoms with van der Waals surface area (Å²) in [7, 11) is 0. The number of benzene rings is 1. The summed E-state index contributed by atoms with van der Waals surface area (Å²) in [5, 5.41) is 9.16. The van der Waals surface area contributed by atoms with E-state index in [0.29, 0.717) is 11.1 Å². The van der Waals surface area contributed by atoms with E-state index in [2.05, 4.69) is 0 Å². The number of carbonyl (C=O) groups is 1. The van der Waals surface area contributed by atoms with Crippen molar-refractivity contribution in [1.29, 1.82) is 0 Å². The summed E-state index contributed by atoms with van der Waals surface area (Å²) in [5.41, 5.74) is -1.67. The monoisotopic (exact) mass is 224 g/mol. The van der Waals surface area contributed by atoms with Gasteiger partial charge in [0.05, 0.1) is 5.41 Å². The zero-order valence-corrected chi connectivity index (χ0v) is 10.0. The fourth-order valence-corrected chi connectivity index (χ4v) is 1.66. The molecule has 0 aliphatic carbocycles. The van der Waals surface area contributed by atoms with Crippen LogP contribution in [0.2, 0.25) is 0 Å². The fraction of sp³-hybridized carbons (Fsp3) is 0.462. The summed E-state index contributed by atoms with van der Waals surface area (Å²) in [6.07, 6.45) is 0. The van der Waals surface area contributed by atoms with Gasteiger partial charge in [0.1, 0.15) is 5.67 Å². The highest BCUT2D eigenvalue weighted by Gasteiger charge is 2.35. The minimum atomic E-state index is -1.54. The maximum atomic E-state index is 14.0. The van der Waals surface area contributed by atoms with Gasteiger partial charge in [-0.25, -0.2) is 4.39 Å². The van der Waals surface area contributed by atoms with E-state index in [1.54, 1.807) is 38.1 Å². The third kappa shape index (κ3) is 2.23. The molecule has 3 heteroatoms. The minimum Gasteiger partial charge on any atom is -0.481 e. The summed E-state index contributed by atoms with van der Waals surface area (Å²) in [6.45, 7) is 6.04. The average Bonchev–Trinajstić information content (AvgIpc) is 2.16. The van der Waals surface area contributed by atoms with Crippen LogP contribution in [0.3, 0.4) is 0 Å².